The second kappa shape index (κ2) is 8.23. The van der Waals surface area contributed by atoms with Crippen molar-refractivity contribution < 1.29 is 10.0 Å². The summed E-state index contributed by atoms with van der Waals surface area (Å²) in [5.74, 6) is -0.274. The Bertz CT molecular complexity index is 779. The van der Waals surface area contributed by atoms with E-state index in [9.17, 15) is 15.2 Å². The largest absolute Gasteiger partial charge is 0.396 e. The molecule has 0 amide bonds. The maximum Gasteiger partial charge on any atom is 0.273 e. The minimum Gasteiger partial charge on any atom is -0.396 e. The normalized spacial score (nSPS) is 12.8. The maximum absolute atomic E-state index is 11.4. The molecule has 0 fully saturated rings. The van der Waals surface area contributed by atoms with E-state index in [0.29, 0.717) is 5.56 Å². The highest BCUT2D eigenvalue weighted by Crippen LogP contribution is 2.38. The van der Waals surface area contributed by atoms with Gasteiger partial charge in [0.2, 0.25) is 0 Å². The van der Waals surface area contributed by atoms with Crippen LogP contribution in [0.25, 0.3) is 0 Å². The number of rotatable bonds is 6. The fourth-order valence-corrected chi connectivity index (χ4v) is 3.85. The van der Waals surface area contributed by atoms with E-state index in [1.54, 1.807) is 24.8 Å². The summed E-state index contributed by atoms with van der Waals surface area (Å²) in [5.41, 5.74) is 3.01. The molecule has 1 N–H and O–H groups in total. The molecule has 26 heavy (non-hydrogen) atoms. The summed E-state index contributed by atoms with van der Waals surface area (Å²) in [4.78, 5) is 13.2. The molecule has 0 spiro atoms. The zero-order valence-corrected chi connectivity index (χ0v) is 16.9. The van der Waals surface area contributed by atoms with Gasteiger partial charge in [0.1, 0.15) is 0 Å². The molecule has 1 unspecified atom stereocenters. The van der Waals surface area contributed by atoms with Gasteiger partial charge < -0.3 is 5.11 Å². The van der Waals surface area contributed by atoms with E-state index in [1.807, 2.05) is 13.0 Å². The van der Waals surface area contributed by atoms with Crippen molar-refractivity contribution in [3.63, 3.8) is 0 Å². The van der Waals surface area contributed by atoms with Crippen LogP contribution in [0.15, 0.2) is 46.2 Å². The van der Waals surface area contributed by atoms with Crippen LogP contribution in [0.5, 0.6) is 0 Å². The summed E-state index contributed by atoms with van der Waals surface area (Å²) >= 11 is 1.62. The molecule has 2 aromatic carbocycles. The van der Waals surface area contributed by atoms with Gasteiger partial charge in [-0.2, -0.15) is 0 Å². The summed E-state index contributed by atoms with van der Waals surface area (Å²) in [6.45, 7) is 10.2. The molecule has 140 valence electrons. The monoisotopic (exact) mass is 373 g/mol. The first kappa shape index (κ1) is 20.5. The van der Waals surface area contributed by atoms with Crippen molar-refractivity contribution in [3.05, 3.63) is 63.2 Å². The Hall–Kier alpha value is -1.85. The Morgan fingerprint density at radius 2 is 1.81 bits per heavy atom. The van der Waals surface area contributed by atoms with Gasteiger partial charge in [-0.3, -0.25) is 10.1 Å². The molecule has 4 nitrogen and oxygen atoms in total. The molecular weight excluding hydrogens is 346 g/mol. The van der Waals surface area contributed by atoms with Crippen molar-refractivity contribution in [2.24, 2.45) is 0 Å². The van der Waals surface area contributed by atoms with Gasteiger partial charge in [-0.15, -0.1) is 0 Å². The van der Waals surface area contributed by atoms with Gasteiger partial charge in [-0.05, 0) is 41.2 Å². The molecule has 1 atom stereocenters. The first-order valence-electron chi connectivity index (χ1n) is 8.87. The molecule has 5 heteroatoms. The number of hydrogen-bond acceptors (Lipinski definition) is 4. The number of nitrogens with zero attached hydrogens (tertiary/aromatic N) is 1. The quantitative estimate of drug-likeness (QED) is 0.521. The molecule has 0 aliphatic heterocycles. The van der Waals surface area contributed by atoms with Crippen molar-refractivity contribution in [1.82, 2.24) is 0 Å². The molecule has 0 saturated carbocycles. The Labute approximate surface area is 159 Å². The van der Waals surface area contributed by atoms with Crippen molar-refractivity contribution in [1.29, 1.82) is 0 Å². The van der Waals surface area contributed by atoms with E-state index in [4.69, 9.17) is 0 Å². The zero-order valence-electron chi connectivity index (χ0n) is 16.1. The van der Waals surface area contributed by atoms with E-state index in [1.165, 1.54) is 5.56 Å². The second-order valence-corrected chi connectivity index (χ2v) is 8.70. The fourth-order valence-electron chi connectivity index (χ4n) is 2.80. The molecule has 0 bridgehead atoms. The van der Waals surface area contributed by atoms with Crippen LogP contribution in [0.1, 0.15) is 57.2 Å². The first-order valence-corrected chi connectivity index (χ1v) is 9.69. The van der Waals surface area contributed by atoms with E-state index >= 15 is 0 Å². The third-order valence-corrected chi connectivity index (χ3v) is 5.65. The fraction of sp³-hybridized carbons (Fsp3) is 0.429. The van der Waals surface area contributed by atoms with Crippen molar-refractivity contribution in [3.8, 4) is 0 Å². The van der Waals surface area contributed by atoms with Crippen LogP contribution < -0.4 is 0 Å². The highest BCUT2D eigenvalue weighted by Gasteiger charge is 2.22. The topological polar surface area (TPSA) is 63.4 Å². The van der Waals surface area contributed by atoms with E-state index < -0.39 is 0 Å². The Morgan fingerprint density at radius 3 is 2.27 bits per heavy atom. The second-order valence-electron chi connectivity index (χ2n) is 7.59. The van der Waals surface area contributed by atoms with Crippen LogP contribution >= 0.6 is 11.8 Å². The van der Waals surface area contributed by atoms with Gasteiger partial charge in [-0.25, -0.2) is 0 Å². The number of aliphatic hydroxyl groups excluding tert-OH is 1. The van der Waals surface area contributed by atoms with Crippen molar-refractivity contribution in [2.45, 2.75) is 62.2 Å². The molecule has 0 saturated heterocycles. The summed E-state index contributed by atoms with van der Waals surface area (Å²) < 4.78 is 0. The summed E-state index contributed by atoms with van der Waals surface area (Å²) in [7, 11) is 0. The molecular formula is C21H27NO3S. The van der Waals surface area contributed by atoms with Crippen LogP contribution in [-0.2, 0) is 11.8 Å². The van der Waals surface area contributed by atoms with Crippen LogP contribution in [0.3, 0.4) is 0 Å². The third kappa shape index (κ3) is 4.65. The Morgan fingerprint density at radius 1 is 1.19 bits per heavy atom. The predicted octanol–water partition coefficient (Wildman–Crippen LogP) is 5.70. The molecule has 0 radical (unpaired) electrons. The van der Waals surface area contributed by atoms with Crippen LogP contribution in [-0.4, -0.2) is 16.6 Å². The van der Waals surface area contributed by atoms with Gasteiger partial charge >= 0.3 is 0 Å². The van der Waals surface area contributed by atoms with E-state index in [2.05, 4.69) is 45.0 Å². The molecule has 0 heterocycles. The van der Waals surface area contributed by atoms with Gasteiger partial charge in [0, 0.05) is 33.9 Å². The van der Waals surface area contributed by atoms with Gasteiger partial charge in [0.05, 0.1) is 4.92 Å². The molecule has 2 rings (SSSR count). The standard InChI is InChI=1S/C21H27NO3S/c1-6-15-11-19(22(24)25)18(14(2)13-23)12-20(15)26-17-9-7-16(8-10-17)21(3,4)5/h7-12,14,23H,6,13H2,1-5H3. The van der Waals surface area contributed by atoms with Gasteiger partial charge in [-0.1, -0.05) is 58.5 Å². The Balaban J connectivity index is 2.43. The molecule has 0 aliphatic carbocycles. The smallest absolute Gasteiger partial charge is 0.273 e. The highest BCUT2D eigenvalue weighted by atomic mass is 32.2. The number of benzene rings is 2. The van der Waals surface area contributed by atoms with E-state index in [0.717, 1.165) is 21.8 Å². The van der Waals surface area contributed by atoms with Gasteiger partial charge in [0.25, 0.3) is 5.69 Å². The summed E-state index contributed by atoms with van der Waals surface area (Å²) in [6.07, 6.45) is 0.719. The van der Waals surface area contributed by atoms with Crippen LogP contribution in [0.2, 0.25) is 0 Å². The number of nitro groups is 1. The van der Waals surface area contributed by atoms with Crippen molar-refractivity contribution in [2.75, 3.05) is 6.61 Å². The predicted molar refractivity (Wildman–Crippen MR) is 107 cm³/mol. The lowest BCUT2D eigenvalue weighted by Gasteiger charge is -2.19. The number of hydrogen-bond donors (Lipinski definition) is 1. The minimum atomic E-state index is -0.354. The van der Waals surface area contributed by atoms with Crippen molar-refractivity contribution >= 4 is 17.4 Å². The van der Waals surface area contributed by atoms with Gasteiger partial charge in [0.15, 0.2) is 0 Å². The Kier molecular flexibility index (Phi) is 6.48. The molecule has 0 aromatic heterocycles. The number of aryl methyl sites for hydroxylation is 1. The zero-order chi connectivity index (χ0) is 19.5. The third-order valence-electron chi connectivity index (χ3n) is 4.54. The summed E-state index contributed by atoms with van der Waals surface area (Å²) in [6, 6.07) is 12.0. The van der Waals surface area contributed by atoms with E-state index in [-0.39, 0.29) is 28.6 Å². The lowest BCUT2D eigenvalue weighted by Crippen LogP contribution is -2.10. The highest BCUT2D eigenvalue weighted by molar-refractivity contribution is 7.99. The average molecular weight is 374 g/mol. The lowest BCUT2D eigenvalue weighted by atomic mass is 9.87. The van der Waals surface area contributed by atoms with Crippen LogP contribution in [0.4, 0.5) is 5.69 Å². The minimum absolute atomic E-state index is 0.0934. The average Bonchev–Trinajstić information content (AvgIpc) is 2.60. The summed E-state index contributed by atoms with van der Waals surface area (Å²) in [5, 5.41) is 20.9. The first-order chi connectivity index (χ1) is 12.2. The van der Waals surface area contributed by atoms with Crippen LogP contribution in [0, 0.1) is 10.1 Å². The molecule has 2 aromatic rings. The number of aliphatic hydroxyl groups is 1. The maximum atomic E-state index is 11.4. The SMILES string of the molecule is CCc1cc([N+](=O)[O-])c(C(C)CO)cc1Sc1ccc(C(C)(C)C)cc1. The number of nitro benzene ring substituents is 1. The lowest BCUT2D eigenvalue weighted by molar-refractivity contribution is -0.385. The molecule has 0 aliphatic rings.